The second-order valence-electron chi connectivity index (χ2n) is 5.91. The summed E-state index contributed by atoms with van der Waals surface area (Å²) >= 11 is 0. The second-order valence-corrected chi connectivity index (χ2v) is 7.89. The van der Waals surface area contributed by atoms with Gasteiger partial charge in [0.15, 0.2) is 9.84 Å². The van der Waals surface area contributed by atoms with Gasteiger partial charge in [0.05, 0.1) is 0 Å². The molecule has 4 nitrogen and oxygen atoms in total. The Morgan fingerprint density at radius 1 is 1.00 bits per heavy atom. The second kappa shape index (κ2) is 6.61. The van der Waals surface area contributed by atoms with E-state index < -0.39 is 9.84 Å². The third kappa shape index (κ3) is 3.41. The normalized spacial score (nSPS) is 11.6. The summed E-state index contributed by atoms with van der Waals surface area (Å²) in [6.45, 7) is 0.688. The van der Waals surface area contributed by atoms with Gasteiger partial charge in [0.1, 0.15) is 10.7 Å². The molecule has 0 aliphatic rings. The van der Waals surface area contributed by atoms with Crippen LogP contribution < -0.4 is 4.90 Å². The molecule has 0 N–H and O–H groups in total. The first kappa shape index (κ1) is 16.5. The lowest BCUT2D eigenvalue weighted by atomic mass is 10.0. The van der Waals surface area contributed by atoms with E-state index in [1.54, 1.807) is 18.3 Å². The molecule has 5 heteroatoms. The molecule has 3 rings (SSSR count). The minimum absolute atomic E-state index is 0.269. The number of rotatable bonds is 5. The van der Waals surface area contributed by atoms with Crippen LogP contribution in [-0.4, -0.2) is 33.2 Å². The molecular weight excluding hydrogens is 320 g/mol. The van der Waals surface area contributed by atoms with Crippen molar-refractivity contribution in [2.45, 2.75) is 11.3 Å². The Hall–Kier alpha value is -2.40. The van der Waals surface area contributed by atoms with E-state index in [1.165, 1.54) is 22.6 Å². The number of anilines is 1. The first-order valence-corrected chi connectivity index (χ1v) is 9.69. The number of likely N-dealkylation sites (N-methyl/N-ethyl adjacent to an activating group) is 1. The lowest BCUT2D eigenvalue weighted by molar-refractivity contribution is 0.601. The Labute approximate surface area is 142 Å². The van der Waals surface area contributed by atoms with Crippen LogP contribution in [0.3, 0.4) is 0 Å². The monoisotopic (exact) mass is 340 g/mol. The summed E-state index contributed by atoms with van der Waals surface area (Å²) in [6.07, 6.45) is 3.65. The summed E-state index contributed by atoms with van der Waals surface area (Å²) in [6, 6.07) is 17.8. The molecule has 0 radical (unpaired) electrons. The maximum absolute atomic E-state index is 11.9. The van der Waals surface area contributed by atoms with Crippen molar-refractivity contribution in [2.75, 3.05) is 24.7 Å². The molecule has 0 spiro atoms. The lowest BCUT2D eigenvalue weighted by Gasteiger charge is -2.20. The molecule has 2 aromatic carbocycles. The van der Waals surface area contributed by atoms with Crippen molar-refractivity contribution >= 4 is 26.4 Å². The van der Waals surface area contributed by atoms with Crippen molar-refractivity contribution < 1.29 is 8.42 Å². The predicted molar refractivity (Wildman–Crippen MR) is 98.3 cm³/mol. The molecular formula is C19H20N2O2S. The summed E-state index contributed by atoms with van der Waals surface area (Å²) in [5.41, 5.74) is 1.25. The number of fused-ring (bicyclic) bond motifs is 1. The van der Waals surface area contributed by atoms with Crippen LogP contribution in [-0.2, 0) is 16.3 Å². The molecule has 0 fully saturated rings. The Morgan fingerprint density at radius 3 is 2.54 bits per heavy atom. The van der Waals surface area contributed by atoms with Gasteiger partial charge in [0.2, 0.25) is 0 Å². The zero-order chi connectivity index (χ0) is 17.2. The van der Waals surface area contributed by atoms with Crippen LogP contribution >= 0.6 is 0 Å². The van der Waals surface area contributed by atoms with Crippen LogP contribution in [0.1, 0.15) is 5.56 Å². The quantitative estimate of drug-likeness (QED) is 0.715. The van der Waals surface area contributed by atoms with Crippen LogP contribution in [0, 0.1) is 0 Å². The van der Waals surface area contributed by atoms with Gasteiger partial charge >= 0.3 is 0 Å². The molecule has 0 atom stereocenters. The van der Waals surface area contributed by atoms with Crippen molar-refractivity contribution in [2.24, 2.45) is 0 Å². The third-order valence-electron chi connectivity index (χ3n) is 4.11. The predicted octanol–water partition coefficient (Wildman–Crippen LogP) is 3.32. The number of hydrogen-bond acceptors (Lipinski definition) is 4. The Morgan fingerprint density at radius 2 is 1.75 bits per heavy atom. The molecule has 0 amide bonds. The molecule has 1 heterocycles. The SMILES string of the molecule is CN(CCc1cccc2ccccc12)c1ncccc1S(C)(=O)=O. The molecule has 0 unspecified atom stereocenters. The van der Waals surface area contributed by atoms with Crippen molar-refractivity contribution in [1.29, 1.82) is 0 Å². The third-order valence-corrected chi connectivity index (χ3v) is 5.23. The van der Waals surface area contributed by atoms with E-state index in [0.29, 0.717) is 12.4 Å². The molecule has 0 aliphatic carbocycles. The van der Waals surface area contributed by atoms with E-state index in [1.807, 2.05) is 24.1 Å². The highest BCUT2D eigenvalue weighted by molar-refractivity contribution is 7.90. The van der Waals surface area contributed by atoms with Crippen LogP contribution in [0.2, 0.25) is 0 Å². The van der Waals surface area contributed by atoms with E-state index in [-0.39, 0.29) is 4.90 Å². The van der Waals surface area contributed by atoms with Gasteiger partial charge in [0.25, 0.3) is 0 Å². The largest absolute Gasteiger partial charge is 0.358 e. The van der Waals surface area contributed by atoms with Crippen LogP contribution in [0.5, 0.6) is 0 Å². The van der Waals surface area contributed by atoms with Gasteiger partial charge in [0, 0.05) is 26.0 Å². The lowest BCUT2D eigenvalue weighted by Crippen LogP contribution is -2.23. The highest BCUT2D eigenvalue weighted by atomic mass is 32.2. The zero-order valence-electron chi connectivity index (χ0n) is 13.8. The van der Waals surface area contributed by atoms with E-state index in [9.17, 15) is 8.42 Å². The van der Waals surface area contributed by atoms with Gasteiger partial charge in [-0.25, -0.2) is 13.4 Å². The molecule has 0 aliphatic heterocycles. The highest BCUT2D eigenvalue weighted by Crippen LogP contribution is 2.23. The molecule has 24 heavy (non-hydrogen) atoms. The molecule has 0 bridgehead atoms. The van der Waals surface area contributed by atoms with Crippen molar-refractivity contribution in [1.82, 2.24) is 4.98 Å². The van der Waals surface area contributed by atoms with E-state index >= 15 is 0 Å². The van der Waals surface area contributed by atoms with Gasteiger partial charge in [-0.3, -0.25) is 0 Å². The van der Waals surface area contributed by atoms with Crippen LogP contribution in [0.25, 0.3) is 10.8 Å². The molecule has 1 aromatic heterocycles. The van der Waals surface area contributed by atoms with Crippen molar-refractivity contribution in [3.63, 3.8) is 0 Å². The zero-order valence-corrected chi connectivity index (χ0v) is 14.6. The first-order valence-electron chi connectivity index (χ1n) is 7.79. The number of pyridine rings is 1. The maximum atomic E-state index is 11.9. The summed E-state index contributed by atoms with van der Waals surface area (Å²) < 4.78 is 23.9. The summed E-state index contributed by atoms with van der Waals surface area (Å²) in [5, 5.41) is 2.45. The topological polar surface area (TPSA) is 50.3 Å². The average Bonchev–Trinajstić information content (AvgIpc) is 2.59. The molecule has 124 valence electrons. The maximum Gasteiger partial charge on any atom is 0.179 e. The van der Waals surface area contributed by atoms with E-state index in [2.05, 4.69) is 35.3 Å². The van der Waals surface area contributed by atoms with Gasteiger partial charge in [-0.15, -0.1) is 0 Å². The van der Waals surface area contributed by atoms with Gasteiger partial charge in [-0.1, -0.05) is 42.5 Å². The Balaban J connectivity index is 1.85. The first-order chi connectivity index (χ1) is 11.5. The standard InChI is InChI=1S/C19H20N2O2S/c1-21(19-18(24(2,22)23)11-6-13-20-19)14-12-16-9-5-8-15-7-3-4-10-17(15)16/h3-11,13H,12,14H2,1-2H3. The van der Waals surface area contributed by atoms with Gasteiger partial charge < -0.3 is 4.90 Å². The minimum atomic E-state index is -3.30. The van der Waals surface area contributed by atoms with E-state index in [0.717, 1.165) is 6.42 Å². The molecule has 3 aromatic rings. The molecule has 0 saturated carbocycles. The fourth-order valence-electron chi connectivity index (χ4n) is 2.86. The Kier molecular flexibility index (Phi) is 4.53. The Bertz CT molecular complexity index is 963. The van der Waals surface area contributed by atoms with Gasteiger partial charge in [-0.05, 0) is 34.9 Å². The summed E-state index contributed by atoms with van der Waals surface area (Å²) in [5.74, 6) is 0.500. The van der Waals surface area contributed by atoms with Crippen molar-refractivity contribution in [3.05, 3.63) is 66.4 Å². The number of aromatic nitrogens is 1. The molecule has 0 saturated heterocycles. The fourth-order valence-corrected chi connectivity index (χ4v) is 3.73. The van der Waals surface area contributed by atoms with Crippen molar-refractivity contribution in [3.8, 4) is 0 Å². The van der Waals surface area contributed by atoms with E-state index in [4.69, 9.17) is 0 Å². The average molecular weight is 340 g/mol. The number of benzene rings is 2. The summed E-state index contributed by atoms with van der Waals surface area (Å²) in [4.78, 5) is 6.44. The highest BCUT2D eigenvalue weighted by Gasteiger charge is 2.17. The minimum Gasteiger partial charge on any atom is -0.358 e. The van der Waals surface area contributed by atoms with Crippen LogP contribution in [0.15, 0.2) is 65.7 Å². The smallest absolute Gasteiger partial charge is 0.179 e. The fraction of sp³-hybridized carbons (Fsp3) is 0.211. The van der Waals surface area contributed by atoms with Crippen LogP contribution in [0.4, 0.5) is 5.82 Å². The number of nitrogens with zero attached hydrogens (tertiary/aromatic N) is 2. The van der Waals surface area contributed by atoms with Gasteiger partial charge in [-0.2, -0.15) is 0 Å². The summed E-state index contributed by atoms with van der Waals surface area (Å²) in [7, 11) is -1.42. The number of sulfone groups is 1. The number of hydrogen-bond donors (Lipinski definition) is 0.